The van der Waals surface area contributed by atoms with Gasteiger partial charge in [0.1, 0.15) is 0 Å². The van der Waals surface area contributed by atoms with Gasteiger partial charge in [0, 0.05) is 27.9 Å². The molecular weight excluding hydrogens is 228 g/mol. The lowest BCUT2D eigenvalue weighted by Crippen LogP contribution is -2.12. The molecule has 3 heteroatoms. The van der Waals surface area contributed by atoms with Gasteiger partial charge in [-0.05, 0) is 19.3 Å². The van der Waals surface area contributed by atoms with Gasteiger partial charge in [0.15, 0.2) is 6.29 Å². The van der Waals surface area contributed by atoms with Crippen molar-refractivity contribution in [3.8, 4) is 0 Å². The lowest BCUT2D eigenvalue weighted by molar-refractivity contribution is -0.107. The highest BCUT2D eigenvalue weighted by atomic mass is 16.7. The lowest BCUT2D eigenvalue weighted by Gasteiger charge is -2.12. The maximum Gasteiger partial charge on any atom is 0.156 e. The van der Waals surface area contributed by atoms with Crippen LogP contribution in [0.25, 0.3) is 0 Å². The zero-order chi connectivity index (χ0) is 13.5. The molecule has 0 saturated carbocycles. The minimum atomic E-state index is -0.00853. The molecule has 0 aliphatic heterocycles. The maximum absolute atomic E-state index is 5.16. The largest absolute Gasteiger partial charge is 0.385 e. The second-order valence-electron chi connectivity index (χ2n) is 4.86. The summed E-state index contributed by atoms with van der Waals surface area (Å²) in [5, 5.41) is 0. The molecule has 0 radical (unpaired) electrons. The first-order valence-corrected chi connectivity index (χ1v) is 7.39. The quantitative estimate of drug-likeness (QED) is 0.347. The van der Waals surface area contributed by atoms with Crippen LogP contribution >= 0.6 is 0 Å². The Morgan fingerprint density at radius 2 is 1.06 bits per heavy atom. The zero-order valence-corrected chi connectivity index (χ0v) is 12.6. The molecule has 0 aromatic heterocycles. The van der Waals surface area contributed by atoms with Crippen molar-refractivity contribution in [3.05, 3.63) is 0 Å². The molecule has 0 atom stereocenters. The van der Waals surface area contributed by atoms with E-state index in [0.29, 0.717) is 0 Å². The molecule has 0 N–H and O–H groups in total. The molecule has 18 heavy (non-hydrogen) atoms. The highest BCUT2D eigenvalue weighted by Gasteiger charge is 2.03. The summed E-state index contributed by atoms with van der Waals surface area (Å²) >= 11 is 0. The number of hydrogen-bond acceptors (Lipinski definition) is 3. The highest BCUT2D eigenvalue weighted by molar-refractivity contribution is 4.49. The van der Waals surface area contributed by atoms with Gasteiger partial charge in [-0.3, -0.25) is 0 Å². The Bertz CT molecular complexity index is 147. The minimum Gasteiger partial charge on any atom is -0.385 e. The van der Waals surface area contributed by atoms with Gasteiger partial charge in [-0.25, -0.2) is 0 Å². The molecule has 3 nitrogen and oxygen atoms in total. The van der Waals surface area contributed by atoms with Crippen LogP contribution < -0.4 is 0 Å². The van der Waals surface area contributed by atoms with Crippen LogP contribution in [0.15, 0.2) is 0 Å². The van der Waals surface area contributed by atoms with E-state index in [1.807, 2.05) is 0 Å². The van der Waals surface area contributed by atoms with E-state index in [-0.39, 0.29) is 6.29 Å². The van der Waals surface area contributed by atoms with E-state index in [1.165, 1.54) is 57.8 Å². The van der Waals surface area contributed by atoms with E-state index < -0.39 is 0 Å². The molecule has 0 fully saturated rings. The Morgan fingerprint density at radius 1 is 0.611 bits per heavy atom. The molecule has 0 bridgehead atoms. The van der Waals surface area contributed by atoms with Crippen molar-refractivity contribution >= 4 is 0 Å². The topological polar surface area (TPSA) is 27.7 Å². The van der Waals surface area contributed by atoms with Gasteiger partial charge in [-0.1, -0.05) is 44.9 Å². The fourth-order valence-corrected chi connectivity index (χ4v) is 2.13. The third kappa shape index (κ3) is 12.3. The van der Waals surface area contributed by atoms with Gasteiger partial charge in [-0.15, -0.1) is 0 Å². The van der Waals surface area contributed by atoms with Crippen LogP contribution in [-0.4, -0.2) is 34.2 Å². The van der Waals surface area contributed by atoms with Crippen molar-refractivity contribution in [1.29, 1.82) is 0 Å². The van der Waals surface area contributed by atoms with Crippen LogP contribution in [0, 0.1) is 0 Å². The van der Waals surface area contributed by atoms with Crippen LogP contribution in [0.3, 0.4) is 0 Å². The van der Waals surface area contributed by atoms with Gasteiger partial charge in [0.25, 0.3) is 0 Å². The molecule has 0 aliphatic rings. The summed E-state index contributed by atoms with van der Waals surface area (Å²) in [5.41, 5.74) is 0. The van der Waals surface area contributed by atoms with Crippen LogP contribution in [0.4, 0.5) is 0 Å². The predicted molar refractivity (Wildman–Crippen MR) is 75.9 cm³/mol. The summed E-state index contributed by atoms with van der Waals surface area (Å²) < 4.78 is 15.3. The van der Waals surface area contributed by atoms with E-state index in [0.717, 1.165) is 13.0 Å². The third-order valence-corrected chi connectivity index (χ3v) is 3.31. The monoisotopic (exact) mass is 260 g/mol. The first kappa shape index (κ1) is 17.9. The first-order valence-electron chi connectivity index (χ1n) is 7.39. The Balaban J connectivity index is 3.03. The Labute approximate surface area is 113 Å². The predicted octanol–water partition coefficient (Wildman–Crippen LogP) is 4.15. The molecule has 0 heterocycles. The van der Waals surface area contributed by atoms with Gasteiger partial charge in [0.2, 0.25) is 0 Å². The summed E-state index contributed by atoms with van der Waals surface area (Å²) in [7, 11) is 5.19. The summed E-state index contributed by atoms with van der Waals surface area (Å²) in [6.45, 7) is 0.917. The number of rotatable bonds is 14. The van der Waals surface area contributed by atoms with Gasteiger partial charge in [-0.2, -0.15) is 0 Å². The summed E-state index contributed by atoms with van der Waals surface area (Å²) in [6.07, 6.45) is 12.9. The second kappa shape index (κ2) is 14.9. The second-order valence-corrected chi connectivity index (χ2v) is 4.86. The number of ether oxygens (including phenoxy) is 3. The smallest absolute Gasteiger partial charge is 0.156 e. The minimum absolute atomic E-state index is 0.00853. The van der Waals surface area contributed by atoms with Crippen molar-refractivity contribution in [2.45, 2.75) is 70.5 Å². The molecule has 0 rings (SSSR count). The van der Waals surface area contributed by atoms with E-state index in [1.54, 1.807) is 21.3 Å². The molecule has 110 valence electrons. The standard InChI is InChI=1S/C15H32O3/c1-16-14-12-10-8-6-4-5-7-9-11-13-15(17-2)18-3/h15H,4-14H2,1-3H3. The summed E-state index contributed by atoms with van der Waals surface area (Å²) in [5.74, 6) is 0. The van der Waals surface area contributed by atoms with Crippen LogP contribution in [0.2, 0.25) is 0 Å². The van der Waals surface area contributed by atoms with E-state index in [4.69, 9.17) is 14.2 Å². The maximum atomic E-state index is 5.16. The average Bonchev–Trinajstić information content (AvgIpc) is 2.40. The van der Waals surface area contributed by atoms with E-state index in [2.05, 4.69) is 0 Å². The van der Waals surface area contributed by atoms with Crippen molar-refractivity contribution in [2.24, 2.45) is 0 Å². The van der Waals surface area contributed by atoms with E-state index >= 15 is 0 Å². The summed E-state index contributed by atoms with van der Waals surface area (Å²) in [4.78, 5) is 0. The number of unbranched alkanes of at least 4 members (excludes halogenated alkanes) is 8. The third-order valence-electron chi connectivity index (χ3n) is 3.31. The first-order chi connectivity index (χ1) is 8.85. The SMILES string of the molecule is COCCCCCCCCCCCC(OC)OC. The Hall–Kier alpha value is -0.120. The van der Waals surface area contributed by atoms with Gasteiger partial charge >= 0.3 is 0 Å². The zero-order valence-electron chi connectivity index (χ0n) is 12.6. The molecule has 0 aromatic rings. The number of methoxy groups -OCH3 is 3. The van der Waals surface area contributed by atoms with Crippen molar-refractivity contribution in [2.75, 3.05) is 27.9 Å². The number of hydrogen-bond donors (Lipinski definition) is 0. The normalized spacial score (nSPS) is 11.3. The van der Waals surface area contributed by atoms with Crippen molar-refractivity contribution in [3.63, 3.8) is 0 Å². The van der Waals surface area contributed by atoms with Gasteiger partial charge in [0.05, 0.1) is 0 Å². The fraction of sp³-hybridized carbons (Fsp3) is 1.00. The molecule has 0 aliphatic carbocycles. The Kier molecular flexibility index (Phi) is 14.8. The van der Waals surface area contributed by atoms with E-state index in [9.17, 15) is 0 Å². The van der Waals surface area contributed by atoms with Crippen LogP contribution in [-0.2, 0) is 14.2 Å². The van der Waals surface area contributed by atoms with Crippen molar-refractivity contribution < 1.29 is 14.2 Å². The van der Waals surface area contributed by atoms with Crippen LogP contribution in [0.1, 0.15) is 64.2 Å². The molecule has 0 aromatic carbocycles. The fourth-order valence-electron chi connectivity index (χ4n) is 2.13. The molecule has 0 unspecified atom stereocenters. The molecule has 0 saturated heterocycles. The van der Waals surface area contributed by atoms with Gasteiger partial charge < -0.3 is 14.2 Å². The van der Waals surface area contributed by atoms with Crippen LogP contribution in [0.5, 0.6) is 0 Å². The lowest BCUT2D eigenvalue weighted by atomic mass is 10.1. The highest BCUT2D eigenvalue weighted by Crippen LogP contribution is 2.12. The molecular formula is C15H32O3. The molecule has 0 amide bonds. The average molecular weight is 260 g/mol. The molecule has 0 spiro atoms. The Morgan fingerprint density at radius 3 is 1.50 bits per heavy atom. The van der Waals surface area contributed by atoms with Crippen molar-refractivity contribution in [1.82, 2.24) is 0 Å². The summed E-state index contributed by atoms with van der Waals surface area (Å²) in [6, 6.07) is 0.